The molecule has 1 N–H and O–H groups in total. The molecule has 1 aliphatic rings. The maximum absolute atomic E-state index is 14.1. The molecular weight excluding hydrogens is 259 g/mol. The molecule has 0 atom stereocenters. The normalized spacial score (nSPS) is 16.4. The second-order valence-corrected chi connectivity index (χ2v) is 5.29. The van der Waals surface area contributed by atoms with Crippen LogP contribution in [0.5, 0.6) is 11.5 Å². The summed E-state index contributed by atoms with van der Waals surface area (Å²) in [6, 6.07) is 3.17. The highest BCUT2D eigenvalue weighted by molar-refractivity contribution is 5.44. The van der Waals surface area contributed by atoms with Gasteiger partial charge in [0.1, 0.15) is 5.82 Å². The maximum Gasteiger partial charge on any atom is 0.163 e. The molecule has 20 heavy (non-hydrogen) atoms. The summed E-state index contributed by atoms with van der Waals surface area (Å²) in [6.45, 7) is 8.27. The standard InChI is InChI=1S/C15H23FN2O2/c1-11(2)20-15-8-12(13(16)9-14(15)19-3)10-18-6-4-17-5-7-18/h8-9,11,17H,4-7,10H2,1-3H3. The highest BCUT2D eigenvalue weighted by Gasteiger charge is 2.16. The van der Waals surface area contributed by atoms with E-state index in [0.717, 1.165) is 26.2 Å². The van der Waals surface area contributed by atoms with Gasteiger partial charge in [0.2, 0.25) is 0 Å². The van der Waals surface area contributed by atoms with Crippen molar-refractivity contribution in [3.63, 3.8) is 0 Å². The zero-order chi connectivity index (χ0) is 14.5. The Morgan fingerprint density at radius 2 is 1.95 bits per heavy atom. The lowest BCUT2D eigenvalue weighted by Crippen LogP contribution is -2.43. The van der Waals surface area contributed by atoms with E-state index in [1.165, 1.54) is 13.2 Å². The topological polar surface area (TPSA) is 33.7 Å². The predicted octanol–water partition coefficient (Wildman–Crippen LogP) is 2.03. The molecule has 1 saturated heterocycles. The molecular formula is C15H23FN2O2. The van der Waals surface area contributed by atoms with Crippen molar-refractivity contribution in [2.75, 3.05) is 33.3 Å². The first-order chi connectivity index (χ1) is 9.60. The molecule has 0 aliphatic carbocycles. The Labute approximate surface area is 119 Å². The van der Waals surface area contributed by atoms with Crippen LogP contribution in [0.4, 0.5) is 4.39 Å². The van der Waals surface area contributed by atoms with Crippen molar-refractivity contribution in [3.8, 4) is 11.5 Å². The summed E-state index contributed by atoms with van der Waals surface area (Å²) in [6.07, 6.45) is 0.0291. The van der Waals surface area contributed by atoms with Crippen LogP contribution in [-0.4, -0.2) is 44.3 Å². The van der Waals surface area contributed by atoms with E-state index in [9.17, 15) is 4.39 Å². The van der Waals surface area contributed by atoms with E-state index < -0.39 is 0 Å². The van der Waals surface area contributed by atoms with E-state index >= 15 is 0 Å². The smallest absolute Gasteiger partial charge is 0.163 e. The molecule has 1 fully saturated rings. The van der Waals surface area contributed by atoms with Gasteiger partial charge in [-0.15, -0.1) is 0 Å². The number of hydrogen-bond acceptors (Lipinski definition) is 4. The summed E-state index contributed by atoms with van der Waals surface area (Å²) in [7, 11) is 1.53. The number of methoxy groups -OCH3 is 1. The maximum atomic E-state index is 14.1. The number of nitrogens with one attached hydrogen (secondary N) is 1. The fourth-order valence-electron chi connectivity index (χ4n) is 2.31. The van der Waals surface area contributed by atoms with Crippen LogP contribution in [0.25, 0.3) is 0 Å². The Kier molecular flexibility index (Phi) is 5.20. The fraction of sp³-hybridized carbons (Fsp3) is 0.600. The summed E-state index contributed by atoms with van der Waals surface area (Å²) in [4.78, 5) is 2.24. The minimum absolute atomic E-state index is 0.0291. The van der Waals surface area contributed by atoms with Gasteiger partial charge < -0.3 is 14.8 Å². The third kappa shape index (κ3) is 3.84. The Balaban J connectivity index is 2.18. The zero-order valence-corrected chi connectivity index (χ0v) is 12.4. The van der Waals surface area contributed by atoms with Crippen LogP contribution in [0.3, 0.4) is 0 Å². The first-order valence-electron chi connectivity index (χ1n) is 7.06. The van der Waals surface area contributed by atoms with E-state index in [0.29, 0.717) is 23.6 Å². The summed E-state index contributed by atoms with van der Waals surface area (Å²) in [5, 5.41) is 3.29. The van der Waals surface area contributed by atoms with Gasteiger partial charge in [-0.05, 0) is 19.9 Å². The van der Waals surface area contributed by atoms with Crippen molar-refractivity contribution >= 4 is 0 Å². The van der Waals surface area contributed by atoms with Crippen LogP contribution < -0.4 is 14.8 Å². The summed E-state index contributed by atoms with van der Waals surface area (Å²) in [5.74, 6) is 0.811. The Hall–Kier alpha value is -1.33. The minimum Gasteiger partial charge on any atom is -0.493 e. The monoisotopic (exact) mass is 282 g/mol. The van der Waals surface area contributed by atoms with Crippen LogP contribution in [0.1, 0.15) is 19.4 Å². The fourth-order valence-corrected chi connectivity index (χ4v) is 2.31. The van der Waals surface area contributed by atoms with Crippen molar-refractivity contribution in [2.45, 2.75) is 26.5 Å². The van der Waals surface area contributed by atoms with Crippen LogP contribution in [0.2, 0.25) is 0 Å². The molecule has 0 bridgehead atoms. The lowest BCUT2D eigenvalue weighted by molar-refractivity contribution is 0.221. The van der Waals surface area contributed by atoms with Crippen LogP contribution in [0.15, 0.2) is 12.1 Å². The summed E-state index contributed by atoms with van der Waals surface area (Å²) < 4.78 is 25.0. The van der Waals surface area contributed by atoms with Crippen molar-refractivity contribution in [1.82, 2.24) is 10.2 Å². The largest absolute Gasteiger partial charge is 0.493 e. The first-order valence-corrected chi connectivity index (χ1v) is 7.06. The molecule has 1 aromatic rings. The van der Waals surface area contributed by atoms with Crippen LogP contribution >= 0.6 is 0 Å². The van der Waals surface area contributed by atoms with Crippen LogP contribution in [-0.2, 0) is 6.54 Å². The van der Waals surface area contributed by atoms with Crippen molar-refractivity contribution < 1.29 is 13.9 Å². The lowest BCUT2D eigenvalue weighted by atomic mass is 10.1. The SMILES string of the molecule is COc1cc(F)c(CN2CCNCC2)cc1OC(C)C. The second kappa shape index (κ2) is 6.90. The molecule has 0 saturated carbocycles. The Morgan fingerprint density at radius 3 is 2.55 bits per heavy atom. The third-order valence-corrected chi connectivity index (χ3v) is 3.30. The van der Waals surface area contributed by atoms with E-state index in [1.807, 2.05) is 13.8 Å². The molecule has 0 unspecified atom stereocenters. The number of benzene rings is 1. The molecule has 4 nitrogen and oxygen atoms in total. The molecule has 0 radical (unpaired) electrons. The van der Waals surface area contributed by atoms with Gasteiger partial charge in [-0.2, -0.15) is 0 Å². The first kappa shape index (κ1) is 15.1. The molecule has 5 heteroatoms. The number of nitrogens with zero attached hydrogens (tertiary/aromatic N) is 1. The highest BCUT2D eigenvalue weighted by Crippen LogP contribution is 2.31. The number of ether oxygens (including phenoxy) is 2. The molecule has 0 amide bonds. The molecule has 2 rings (SSSR count). The number of piperazine rings is 1. The van der Waals surface area contributed by atoms with Gasteiger partial charge in [0.05, 0.1) is 13.2 Å². The summed E-state index contributed by atoms with van der Waals surface area (Å²) >= 11 is 0. The van der Waals surface area contributed by atoms with E-state index in [1.54, 1.807) is 6.07 Å². The molecule has 1 aromatic carbocycles. The molecule has 0 aromatic heterocycles. The van der Waals surface area contributed by atoms with Gasteiger partial charge in [-0.25, -0.2) is 4.39 Å². The van der Waals surface area contributed by atoms with Crippen LogP contribution in [0, 0.1) is 5.82 Å². The third-order valence-electron chi connectivity index (χ3n) is 3.30. The van der Waals surface area contributed by atoms with Crippen molar-refractivity contribution in [1.29, 1.82) is 0 Å². The molecule has 112 valence electrons. The minimum atomic E-state index is -0.239. The quantitative estimate of drug-likeness (QED) is 0.896. The average molecular weight is 282 g/mol. The molecule has 1 aliphatic heterocycles. The van der Waals surface area contributed by atoms with Gasteiger partial charge in [0.15, 0.2) is 11.5 Å². The van der Waals surface area contributed by atoms with Gasteiger partial charge in [0, 0.05) is 44.4 Å². The number of rotatable bonds is 5. The van der Waals surface area contributed by atoms with Gasteiger partial charge in [0.25, 0.3) is 0 Å². The Bertz CT molecular complexity index is 446. The van der Waals surface area contributed by atoms with E-state index in [-0.39, 0.29) is 11.9 Å². The van der Waals surface area contributed by atoms with E-state index in [2.05, 4.69) is 10.2 Å². The van der Waals surface area contributed by atoms with Crippen molar-refractivity contribution in [2.24, 2.45) is 0 Å². The average Bonchev–Trinajstić information content (AvgIpc) is 2.42. The Morgan fingerprint density at radius 1 is 1.25 bits per heavy atom. The van der Waals surface area contributed by atoms with E-state index in [4.69, 9.17) is 9.47 Å². The summed E-state index contributed by atoms with van der Waals surface area (Å²) in [5.41, 5.74) is 0.656. The lowest BCUT2D eigenvalue weighted by Gasteiger charge is -2.27. The van der Waals surface area contributed by atoms with Gasteiger partial charge in [-0.1, -0.05) is 0 Å². The molecule has 0 spiro atoms. The number of hydrogen-bond donors (Lipinski definition) is 1. The zero-order valence-electron chi connectivity index (χ0n) is 12.4. The van der Waals surface area contributed by atoms with Gasteiger partial charge in [-0.3, -0.25) is 4.90 Å². The molecule has 1 heterocycles. The highest BCUT2D eigenvalue weighted by atomic mass is 19.1. The number of halogens is 1. The van der Waals surface area contributed by atoms with Crippen molar-refractivity contribution in [3.05, 3.63) is 23.5 Å². The predicted molar refractivity (Wildman–Crippen MR) is 76.9 cm³/mol. The second-order valence-electron chi connectivity index (χ2n) is 5.29. The van der Waals surface area contributed by atoms with Gasteiger partial charge >= 0.3 is 0 Å².